The minimum atomic E-state index is -0.0402. The number of nitrogens with one attached hydrogen (secondary N) is 1. The Balaban J connectivity index is 2.07. The van der Waals surface area contributed by atoms with Crippen LogP contribution in [0.2, 0.25) is 0 Å². The molecule has 0 saturated carbocycles. The van der Waals surface area contributed by atoms with Crippen LogP contribution < -0.4 is 0 Å². The molecule has 0 aliphatic rings. The maximum Gasteiger partial charge on any atom is 0.257 e. The largest absolute Gasteiger partial charge is 0.336 e. The predicted octanol–water partition coefficient (Wildman–Crippen LogP) is 1.45. The van der Waals surface area contributed by atoms with Crippen LogP contribution in [0.15, 0.2) is 17.9 Å². The Morgan fingerprint density at radius 3 is 3.00 bits per heavy atom. The number of carbonyl (C=O) groups is 1. The van der Waals surface area contributed by atoms with Crippen LogP contribution in [0.1, 0.15) is 20.9 Å². The zero-order chi connectivity index (χ0) is 11.5. The molecule has 1 amide bonds. The summed E-state index contributed by atoms with van der Waals surface area (Å²) in [7, 11) is 1.77. The van der Waals surface area contributed by atoms with Crippen molar-refractivity contribution in [2.24, 2.45) is 0 Å². The SMILES string of the molecule is Cc1ncsc1CN(C)C(=O)c1cn[nH]c1. The minimum absolute atomic E-state index is 0.0402. The molecule has 84 valence electrons. The van der Waals surface area contributed by atoms with E-state index in [-0.39, 0.29) is 5.91 Å². The van der Waals surface area contributed by atoms with Crippen LogP contribution >= 0.6 is 11.3 Å². The van der Waals surface area contributed by atoms with Crippen LogP contribution in [0.25, 0.3) is 0 Å². The van der Waals surface area contributed by atoms with Gasteiger partial charge in [-0.1, -0.05) is 0 Å². The van der Waals surface area contributed by atoms with Gasteiger partial charge in [0.05, 0.1) is 29.5 Å². The van der Waals surface area contributed by atoms with Crippen molar-refractivity contribution in [3.05, 3.63) is 34.0 Å². The van der Waals surface area contributed by atoms with Crippen LogP contribution in [0.4, 0.5) is 0 Å². The van der Waals surface area contributed by atoms with Crippen LogP contribution in [-0.4, -0.2) is 33.0 Å². The van der Waals surface area contributed by atoms with E-state index < -0.39 is 0 Å². The third-order valence-corrected chi connectivity index (χ3v) is 3.24. The Kier molecular flexibility index (Phi) is 3.00. The van der Waals surface area contributed by atoms with Gasteiger partial charge in [0.1, 0.15) is 0 Å². The third-order valence-electron chi connectivity index (χ3n) is 2.32. The number of thiazole rings is 1. The molecule has 0 unspecified atom stereocenters. The molecule has 0 aromatic carbocycles. The van der Waals surface area contributed by atoms with E-state index >= 15 is 0 Å². The van der Waals surface area contributed by atoms with Crippen molar-refractivity contribution in [3.8, 4) is 0 Å². The Morgan fingerprint density at radius 2 is 2.44 bits per heavy atom. The molecule has 2 aromatic heterocycles. The van der Waals surface area contributed by atoms with Gasteiger partial charge in [0, 0.05) is 18.1 Å². The summed E-state index contributed by atoms with van der Waals surface area (Å²) < 4.78 is 0. The van der Waals surface area contributed by atoms with Crippen LogP contribution in [0.3, 0.4) is 0 Å². The normalized spacial score (nSPS) is 10.4. The van der Waals surface area contributed by atoms with Gasteiger partial charge >= 0.3 is 0 Å². The first-order valence-corrected chi connectivity index (χ1v) is 5.69. The number of hydrogen-bond acceptors (Lipinski definition) is 4. The lowest BCUT2D eigenvalue weighted by atomic mass is 10.3. The summed E-state index contributed by atoms with van der Waals surface area (Å²) >= 11 is 1.56. The van der Waals surface area contributed by atoms with E-state index in [4.69, 9.17) is 0 Å². The van der Waals surface area contributed by atoms with Crippen LogP contribution in [-0.2, 0) is 6.54 Å². The molecular formula is C10H12N4OS. The maximum atomic E-state index is 11.9. The molecule has 16 heavy (non-hydrogen) atoms. The molecule has 2 heterocycles. The predicted molar refractivity (Wildman–Crippen MR) is 61.2 cm³/mol. The number of aromatic amines is 1. The molecule has 1 N–H and O–H groups in total. The van der Waals surface area contributed by atoms with Gasteiger partial charge in [-0.25, -0.2) is 4.98 Å². The fourth-order valence-electron chi connectivity index (χ4n) is 1.35. The molecule has 0 radical (unpaired) electrons. The highest BCUT2D eigenvalue weighted by molar-refractivity contribution is 7.09. The van der Waals surface area contributed by atoms with Crippen LogP contribution in [0.5, 0.6) is 0 Å². The van der Waals surface area contributed by atoms with Crippen molar-refractivity contribution < 1.29 is 4.79 Å². The van der Waals surface area contributed by atoms with Crippen molar-refractivity contribution in [1.29, 1.82) is 0 Å². The van der Waals surface area contributed by atoms with Crippen LogP contribution in [0, 0.1) is 6.92 Å². The van der Waals surface area contributed by atoms with Gasteiger partial charge in [0.25, 0.3) is 5.91 Å². The summed E-state index contributed by atoms with van der Waals surface area (Å²) in [5.74, 6) is -0.0402. The first-order chi connectivity index (χ1) is 7.68. The molecule has 0 fully saturated rings. The van der Waals surface area contributed by atoms with Gasteiger partial charge in [-0.05, 0) is 6.92 Å². The van der Waals surface area contributed by atoms with Crippen molar-refractivity contribution in [1.82, 2.24) is 20.1 Å². The van der Waals surface area contributed by atoms with Crippen molar-refractivity contribution in [2.75, 3.05) is 7.05 Å². The summed E-state index contributed by atoms with van der Waals surface area (Å²) in [5, 5.41) is 6.39. The Morgan fingerprint density at radius 1 is 1.62 bits per heavy atom. The minimum Gasteiger partial charge on any atom is -0.336 e. The highest BCUT2D eigenvalue weighted by atomic mass is 32.1. The lowest BCUT2D eigenvalue weighted by Gasteiger charge is -2.15. The van der Waals surface area contributed by atoms with Gasteiger partial charge in [-0.15, -0.1) is 11.3 Å². The molecule has 0 saturated heterocycles. The van der Waals surface area contributed by atoms with E-state index in [1.165, 1.54) is 6.20 Å². The highest BCUT2D eigenvalue weighted by Gasteiger charge is 2.14. The lowest BCUT2D eigenvalue weighted by Crippen LogP contribution is -2.25. The molecule has 0 bridgehead atoms. The number of aromatic nitrogens is 3. The fourth-order valence-corrected chi connectivity index (χ4v) is 2.18. The van der Waals surface area contributed by atoms with E-state index in [0.717, 1.165) is 10.6 Å². The van der Waals surface area contributed by atoms with E-state index in [9.17, 15) is 4.79 Å². The number of H-pyrrole nitrogens is 1. The average Bonchev–Trinajstić information content (AvgIpc) is 2.89. The molecule has 0 aliphatic carbocycles. The monoisotopic (exact) mass is 236 g/mol. The third kappa shape index (κ3) is 2.11. The number of hydrogen-bond donors (Lipinski definition) is 1. The quantitative estimate of drug-likeness (QED) is 0.877. The van der Waals surface area contributed by atoms with Crippen molar-refractivity contribution >= 4 is 17.2 Å². The van der Waals surface area contributed by atoms with Gasteiger partial charge in [-0.3, -0.25) is 9.89 Å². The van der Waals surface area contributed by atoms with E-state index in [2.05, 4.69) is 15.2 Å². The zero-order valence-electron chi connectivity index (χ0n) is 9.10. The number of carbonyl (C=O) groups excluding carboxylic acids is 1. The zero-order valence-corrected chi connectivity index (χ0v) is 9.91. The Hall–Kier alpha value is -1.69. The molecule has 6 heteroatoms. The fraction of sp³-hybridized carbons (Fsp3) is 0.300. The molecular weight excluding hydrogens is 224 g/mol. The number of rotatable bonds is 3. The first-order valence-electron chi connectivity index (χ1n) is 4.81. The lowest BCUT2D eigenvalue weighted by molar-refractivity contribution is 0.0786. The molecule has 0 aliphatic heterocycles. The van der Waals surface area contributed by atoms with Gasteiger partial charge < -0.3 is 4.90 Å². The van der Waals surface area contributed by atoms with Gasteiger partial charge in [0.2, 0.25) is 0 Å². The number of nitrogens with zero attached hydrogens (tertiary/aromatic N) is 3. The second-order valence-electron chi connectivity index (χ2n) is 3.51. The first kappa shape index (κ1) is 10.8. The smallest absolute Gasteiger partial charge is 0.257 e. The van der Waals surface area contributed by atoms with Crippen molar-refractivity contribution in [3.63, 3.8) is 0 Å². The van der Waals surface area contributed by atoms with Crippen molar-refractivity contribution in [2.45, 2.75) is 13.5 Å². The second-order valence-corrected chi connectivity index (χ2v) is 4.45. The Labute approximate surface area is 97.1 Å². The summed E-state index contributed by atoms with van der Waals surface area (Å²) in [6, 6.07) is 0. The standard InChI is InChI=1S/C10H12N4OS/c1-7-9(16-6-11-7)5-14(2)10(15)8-3-12-13-4-8/h3-4,6H,5H2,1-2H3,(H,12,13). The topological polar surface area (TPSA) is 61.9 Å². The average molecular weight is 236 g/mol. The summed E-state index contributed by atoms with van der Waals surface area (Å²) in [6.45, 7) is 2.53. The summed E-state index contributed by atoms with van der Waals surface area (Å²) in [5.41, 5.74) is 3.35. The molecule has 5 nitrogen and oxygen atoms in total. The maximum absolute atomic E-state index is 11.9. The molecule has 0 spiro atoms. The summed E-state index contributed by atoms with van der Waals surface area (Å²) in [4.78, 5) is 18.8. The number of aryl methyl sites for hydroxylation is 1. The van der Waals surface area contributed by atoms with Gasteiger partial charge in [-0.2, -0.15) is 5.10 Å². The second kappa shape index (κ2) is 4.44. The van der Waals surface area contributed by atoms with E-state index in [1.54, 1.807) is 35.0 Å². The van der Waals surface area contributed by atoms with Gasteiger partial charge in [0.15, 0.2) is 0 Å². The van der Waals surface area contributed by atoms with E-state index in [0.29, 0.717) is 12.1 Å². The molecule has 0 atom stereocenters. The molecule has 2 rings (SSSR count). The van der Waals surface area contributed by atoms with E-state index in [1.807, 2.05) is 6.92 Å². The highest BCUT2D eigenvalue weighted by Crippen LogP contribution is 2.15. The number of amides is 1. The Bertz CT molecular complexity index is 477. The summed E-state index contributed by atoms with van der Waals surface area (Å²) in [6.07, 6.45) is 3.12. The molecule has 2 aromatic rings.